The first kappa shape index (κ1) is 23.4. The van der Waals surface area contributed by atoms with Gasteiger partial charge in [-0.3, -0.25) is 0 Å². The Balaban J connectivity index is 1.57. The molecule has 2 fully saturated rings. The van der Waals surface area contributed by atoms with Crippen LogP contribution in [0.25, 0.3) is 0 Å². The monoisotopic (exact) mass is 472 g/mol. The third-order valence-electron chi connectivity index (χ3n) is 6.39. The molecule has 2 aromatic rings. The van der Waals surface area contributed by atoms with E-state index in [9.17, 15) is 31.1 Å². The maximum atomic E-state index is 13.2. The number of carbonyl (C=O) groups excluding carboxylic acids is 1. The molecule has 1 aliphatic carbocycles. The Kier molecular flexibility index (Phi) is 5.63. The molecule has 4 nitrogen and oxygen atoms in total. The summed E-state index contributed by atoms with van der Waals surface area (Å²) >= 11 is 0. The van der Waals surface area contributed by atoms with Gasteiger partial charge in [-0.25, -0.2) is 4.79 Å². The van der Waals surface area contributed by atoms with E-state index >= 15 is 0 Å². The second-order valence-corrected chi connectivity index (χ2v) is 8.88. The van der Waals surface area contributed by atoms with E-state index < -0.39 is 40.5 Å². The van der Waals surface area contributed by atoms with Gasteiger partial charge in [0.2, 0.25) is 0 Å². The number of hydrogen-bond acceptors (Lipinski definition) is 2. The first-order chi connectivity index (χ1) is 15.3. The van der Waals surface area contributed by atoms with Crippen LogP contribution in [0.15, 0.2) is 48.5 Å². The van der Waals surface area contributed by atoms with Crippen LogP contribution in [0.1, 0.15) is 48.1 Å². The van der Waals surface area contributed by atoms with Crippen LogP contribution in [0.2, 0.25) is 0 Å². The Hall–Kier alpha value is -2.75. The molecule has 1 atom stereocenters. The zero-order valence-electron chi connectivity index (χ0n) is 17.6. The fourth-order valence-electron chi connectivity index (χ4n) is 4.81. The molecule has 2 aromatic carbocycles. The summed E-state index contributed by atoms with van der Waals surface area (Å²) < 4.78 is 85.2. The highest BCUT2D eigenvalue weighted by Gasteiger charge is 2.58. The molecule has 4 rings (SSSR count). The number of benzene rings is 2. The summed E-state index contributed by atoms with van der Waals surface area (Å²) in [5.74, 6) is 0. The molecule has 2 N–H and O–H groups in total. The van der Waals surface area contributed by atoms with Crippen LogP contribution in [0, 0.1) is 0 Å². The van der Waals surface area contributed by atoms with Gasteiger partial charge in [-0.05, 0) is 49.1 Å². The largest absolute Gasteiger partial charge is 0.416 e. The van der Waals surface area contributed by atoms with Crippen molar-refractivity contribution in [3.05, 3.63) is 70.8 Å². The lowest BCUT2D eigenvalue weighted by molar-refractivity contribution is -0.143. The van der Waals surface area contributed by atoms with E-state index in [1.165, 1.54) is 6.92 Å². The molecule has 1 spiro atoms. The van der Waals surface area contributed by atoms with Crippen molar-refractivity contribution in [1.29, 1.82) is 0 Å². The SMILES string of the molecule is CC(OCC1(c2ccccc2)CC2(CNC(=O)N2)C1)c1cc(C(F)(F)F)cc(C(F)(F)F)c1. The highest BCUT2D eigenvalue weighted by molar-refractivity contribution is 5.78. The number of alkyl halides is 6. The van der Waals surface area contributed by atoms with Crippen molar-refractivity contribution in [1.82, 2.24) is 10.6 Å². The Labute approximate surface area is 186 Å². The molecule has 2 aliphatic rings. The Morgan fingerprint density at radius 3 is 2.03 bits per heavy atom. The Bertz CT molecular complexity index is 997. The highest BCUT2D eigenvalue weighted by atomic mass is 19.4. The molecule has 1 saturated heterocycles. The van der Waals surface area contributed by atoms with Crippen molar-refractivity contribution < 1.29 is 35.9 Å². The van der Waals surface area contributed by atoms with Gasteiger partial charge >= 0.3 is 18.4 Å². The van der Waals surface area contributed by atoms with Crippen LogP contribution >= 0.6 is 0 Å². The van der Waals surface area contributed by atoms with E-state index in [0.717, 1.165) is 5.56 Å². The number of hydrogen-bond donors (Lipinski definition) is 2. The van der Waals surface area contributed by atoms with Gasteiger partial charge < -0.3 is 15.4 Å². The number of halogens is 6. The molecule has 10 heteroatoms. The van der Waals surface area contributed by atoms with Crippen molar-refractivity contribution in [2.75, 3.05) is 13.2 Å². The smallest absolute Gasteiger partial charge is 0.373 e. The van der Waals surface area contributed by atoms with Crippen LogP contribution in [-0.2, 0) is 22.5 Å². The lowest BCUT2D eigenvalue weighted by Crippen LogP contribution is -2.63. The quantitative estimate of drug-likeness (QED) is 0.558. The third-order valence-corrected chi connectivity index (χ3v) is 6.39. The van der Waals surface area contributed by atoms with E-state index in [1.54, 1.807) is 0 Å². The van der Waals surface area contributed by atoms with Crippen molar-refractivity contribution >= 4 is 6.03 Å². The molecule has 1 saturated carbocycles. The van der Waals surface area contributed by atoms with Crippen molar-refractivity contribution in [3.8, 4) is 0 Å². The minimum absolute atomic E-state index is 0.0768. The standard InChI is InChI=1S/C23H22F6N2O2/c1-14(15-7-17(22(24,25)26)9-18(8-15)23(27,28)29)33-13-20(16-5-3-2-4-6-16)10-21(11-20)12-30-19(32)31-21/h2-9,14H,10-13H2,1H3,(H2,30,31,32). The van der Waals surface area contributed by atoms with E-state index in [0.29, 0.717) is 31.5 Å². The lowest BCUT2D eigenvalue weighted by Gasteiger charge is -2.54. The maximum absolute atomic E-state index is 13.2. The van der Waals surface area contributed by atoms with Crippen molar-refractivity contribution in [3.63, 3.8) is 0 Å². The van der Waals surface area contributed by atoms with Crippen LogP contribution < -0.4 is 10.6 Å². The topological polar surface area (TPSA) is 50.4 Å². The summed E-state index contributed by atoms with van der Waals surface area (Å²) in [6, 6.07) is 10.6. The van der Waals surface area contributed by atoms with Crippen LogP contribution in [0.5, 0.6) is 0 Å². The predicted octanol–water partition coefficient (Wildman–Crippen LogP) is 5.59. The van der Waals surface area contributed by atoms with E-state index in [-0.39, 0.29) is 24.3 Å². The third kappa shape index (κ3) is 4.66. The Morgan fingerprint density at radius 2 is 1.55 bits per heavy atom. The van der Waals surface area contributed by atoms with E-state index in [2.05, 4.69) is 10.6 Å². The van der Waals surface area contributed by atoms with Crippen molar-refractivity contribution in [2.24, 2.45) is 0 Å². The zero-order chi connectivity index (χ0) is 24.1. The normalized spacial score (nSPS) is 26.0. The molecule has 178 valence electrons. The summed E-state index contributed by atoms with van der Waals surface area (Å²) in [6.45, 7) is 1.95. The lowest BCUT2D eigenvalue weighted by atomic mass is 9.55. The average molecular weight is 472 g/mol. The average Bonchev–Trinajstić information content (AvgIpc) is 3.11. The van der Waals surface area contributed by atoms with Crippen molar-refractivity contribution in [2.45, 2.75) is 49.2 Å². The minimum Gasteiger partial charge on any atom is -0.373 e. The van der Waals surface area contributed by atoms with Gasteiger partial charge in [0, 0.05) is 12.0 Å². The molecular formula is C23H22F6N2O2. The molecule has 33 heavy (non-hydrogen) atoms. The van der Waals surface area contributed by atoms with E-state index in [1.807, 2.05) is 30.3 Å². The number of carbonyl (C=O) groups is 1. The second kappa shape index (κ2) is 7.93. The van der Waals surface area contributed by atoms with Gasteiger partial charge in [0.05, 0.1) is 29.4 Å². The molecule has 1 unspecified atom stereocenters. The molecular weight excluding hydrogens is 450 g/mol. The molecule has 0 aromatic heterocycles. The maximum Gasteiger partial charge on any atom is 0.416 e. The van der Waals surface area contributed by atoms with Gasteiger partial charge in [-0.15, -0.1) is 0 Å². The second-order valence-electron chi connectivity index (χ2n) is 8.88. The first-order valence-corrected chi connectivity index (χ1v) is 10.3. The highest BCUT2D eigenvalue weighted by Crippen LogP contribution is 2.52. The zero-order valence-corrected chi connectivity index (χ0v) is 17.6. The summed E-state index contributed by atoms with van der Waals surface area (Å²) in [5, 5.41) is 5.63. The Morgan fingerprint density at radius 1 is 0.970 bits per heavy atom. The summed E-state index contributed by atoms with van der Waals surface area (Å²) in [4.78, 5) is 11.6. The fourth-order valence-corrected chi connectivity index (χ4v) is 4.81. The van der Waals surface area contributed by atoms with Gasteiger partial charge in [0.1, 0.15) is 0 Å². The van der Waals surface area contributed by atoms with Gasteiger partial charge in [-0.1, -0.05) is 30.3 Å². The fraction of sp³-hybridized carbons (Fsp3) is 0.435. The molecule has 0 radical (unpaired) electrons. The summed E-state index contributed by atoms with van der Waals surface area (Å²) in [5.41, 5.74) is -2.98. The van der Waals surface area contributed by atoms with E-state index in [4.69, 9.17) is 4.74 Å². The predicted molar refractivity (Wildman–Crippen MR) is 107 cm³/mol. The molecule has 1 heterocycles. The number of nitrogens with one attached hydrogen (secondary N) is 2. The number of rotatable bonds is 5. The van der Waals surface area contributed by atoms with Gasteiger partial charge in [0.15, 0.2) is 0 Å². The number of amides is 2. The van der Waals surface area contributed by atoms with Gasteiger partial charge in [-0.2, -0.15) is 26.3 Å². The van der Waals surface area contributed by atoms with Crippen LogP contribution in [-0.4, -0.2) is 24.7 Å². The molecule has 0 bridgehead atoms. The van der Waals surface area contributed by atoms with Crippen LogP contribution in [0.4, 0.5) is 31.1 Å². The molecule has 1 aliphatic heterocycles. The number of ether oxygens (including phenoxy) is 1. The summed E-state index contributed by atoms with van der Waals surface area (Å²) in [6.07, 6.45) is -9.79. The number of urea groups is 1. The summed E-state index contributed by atoms with van der Waals surface area (Å²) in [7, 11) is 0. The van der Waals surface area contributed by atoms with Gasteiger partial charge in [0.25, 0.3) is 0 Å². The first-order valence-electron chi connectivity index (χ1n) is 10.3. The van der Waals surface area contributed by atoms with Crippen LogP contribution in [0.3, 0.4) is 0 Å². The molecule has 2 amide bonds. The minimum atomic E-state index is -4.92.